The Hall–Kier alpha value is -2.87. The Labute approximate surface area is 140 Å². The number of carbonyl (C=O) groups excluding carboxylic acids is 1. The SMILES string of the molecule is O=C1c2ccccc2C[C@@]12Oc1ccccc1[C@@H]2c1ccccc1. The van der Waals surface area contributed by atoms with Gasteiger partial charge in [-0.1, -0.05) is 72.8 Å². The summed E-state index contributed by atoms with van der Waals surface area (Å²) in [7, 11) is 0. The van der Waals surface area contributed by atoms with Crippen LogP contribution in [0.4, 0.5) is 0 Å². The van der Waals surface area contributed by atoms with Crippen molar-refractivity contribution in [2.24, 2.45) is 0 Å². The van der Waals surface area contributed by atoms with Crippen molar-refractivity contribution in [3.8, 4) is 5.75 Å². The van der Waals surface area contributed by atoms with Crippen molar-refractivity contribution in [3.05, 3.63) is 101 Å². The normalized spacial score (nSPS) is 23.8. The average Bonchev–Trinajstić information content (AvgIpc) is 3.11. The molecule has 3 aromatic rings. The summed E-state index contributed by atoms with van der Waals surface area (Å²) >= 11 is 0. The number of para-hydroxylation sites is 1. The van der Waals surface area contributed by atoms with Gasteiger partial charge in [-0.25, -0.2) is 0 Å². The summed E-state index contributed by atoms with van der Waals surface area (Å²) in [6, 6.07) is 26.1. The fraction of sp³-hybridized carbons (Fsp3) is 0.136. The largest absolute Gasteiger partial charge is 0.477 e. The van der Waals surface area contributed by atoms with Gasteiger partial charge in [0.1, 0.15) is 5.75 Å². The first-order valence-corrected chi connectivity index (χ1v) is 8.25. The molecule has 2 nitrogen and oxygen atoms in total. The van der Waals surface area contributed by atoms with E-state index in [0.29, 0.717) is 6.42 Å². The van der Waals surface area contributed by atoms with Gasteiger partial charge in [-0.15, -0.1) is 0 Å². The highest BCUT2D eigenvalue weighted by Gasteiger charge is 2.58. The average molecular weight is 312 g/mol. The molecule has 24 heavy (non-hydrogen) atoms. The Morgan fingerprint density at radius 2 is 1.54 bits per heavy atom. The second kappa shape index (κ2) is 4.81. The van der Waals surface area contributed by atoms with Crippen LogP contribution in [0.25, 0.3) is 0 Å². The van der Waals surface area contributed by atoms with Crippen molar-refractivity contribution in [1.29, 1.82) is 0 Å². The molecule has 0 fully saturated rings. The molecule has 2 aliphatic rings. The molecular weight excluding hydrogens is 296 g/mol. The minimum absolute atomic E-state index is 0.0743. The van der Waals surface area contributed by atoms with E-state index in [0.717, 1.165) is 28.0 Å². The van der Waals surface area contributed by atoms with Crippen molar-refractivity contribution < 1.29 is 9.53 Å². The van der Waals surface area contributed by atoms with Gasteiger partial charge in [0, 0.05) is 17.5 Å². The molecule has 0 bridgehead atoms. The van der Waals surface area contributed by atoms with Gasteiger partial charge in [-0.05, 0) is 17.2 Å². The zero-order valence-corrected chi connectivity index (χ0v) is 13.1. The van der Waals surface area contributed by atoms with E-state index >= 15 is 0 Å². The fourth-order valence-corrected chi connectivity index (χ4v) is 4.22. The lowest BCUT2D eigenvalue weighted by Crippen LogP contribution is -2.44. The van der Waals surface area contributed by atoms with Crippen LogP contribution in [-0.4, -0.2) is 11.4 Å². The summed E-state index contributed by atoms with van der Waals surface area (Å²) in [4.78, 5) is 13.3. The Morgan fingerprint density at radius 3 is 2.38 bits per heavy atom. The Kier molecular flexibility index (Phi) is 2.72. The Balaban J connectivity index is 1.74. The number of hydrogen-bond acceptors (Lipinski definition) is 2. The van der Waals surface area contributed by atoms with Crippen molar-refractivity contribution in [2.75, 3.05) is 0 Å². The van der Waals surface area contributed by atoms with Crippen molar-refractivity contribution in [1.82, 2.24) is 0 Å². The lowest BCUT2D eigenvalue weighted by atomic mass is 9.77. The number of carbonyl (C=O) groups is 1. The van der Waals surface area contributed by atoms with Gasteiger partial charge in [0.05, 0.1) is 5.92 Å². The summed E-state index contributed by atoms with van der Waals surface area (Å²) in [6.45, 7) is 0. The first-order chi connectivity index (χ1) is 11.8. The molecule has 1 spiro atoms. The second-order valence-electron chi connectivity index (χ2n) is 6.54. The number of ether oxygens (including phenoxy) is 1. The molecule has 2 atom stereocenters. The number of Topliss-reactive ketones (excluding diaryl/α,β-unsaturated/α-hetero) is 1. The van der Waals surface area contributed by atoms with Crippen molar-refractivity contribution in [2.45, 2.75) is 17.9 Å². The molecule has 3 aromatic carbocycles. The quantitative estimate of drug-likeness (QED) is 0.666. The third kappa shape index (κ3) is 1.68. The minimum atomic E-state index is -0.852. The van der Waals surface area contributed by atoms with Crippen molar-refractivity contribution in [3.63, 3.8) is 0 Å². The first-order valence-electron chi connectivity index (χ1n) is 8.25. The molecule has 0 aromatic heterocycles. The van der Waals surface area contributed by atoms with Gasteiger partial charge >= 0.3 is 0 Å². The molecular formula is C22H16O2. The van der Waals surface area contributed by atoms with Crippen LogP contribution in [0, 0.1) is 0 Å². The Bertz CT molecular complexity index is 941. The molecule has 2 heteroatoms. The van der Waals surface area contributed by atoms with Gasteiger partial charge < -0.3 is 4.74 Å². The van der Waals surface area contributed by atoms with Gasteiger partial charge in [0.2, 0.25) is 5.78 Å². The number of benzene rings is 3. The van der Waals surface area contributed by atoms with E-state index in [1.54, 1.807) is 0 Å². The van der Waals surface area contributed by atoms with E-state index in [9.17, 15) is 4.79 Å². The lowest BCUT2D eigenvalue weighted by Gasteiger charge is -2.29. The molecule has 0 saturated heterocycles. The van der Waals surface area contributed by atoms with Crippen LogP contribution in [0.5, 0.6) is 5.75 Å². The Morgan fingerprint density at radius 1 is 0.833 bits per heavy atom. The summed E-state index contributed by atoms with van der Waals surface area (Å²) in [5.74, 6) is 0.852. The zero-order valence-electron chi connectivity index (χ0n) is 13.1. The highest BCUT2D eigenvalue weighted by molar-refractivity contribution is 6.08. The highest BCUT2D eigenvalue weighted by Crippen LogP contribution is 2.53. The zero-order chi connectivity index (χ0) is 16.1. The summed E-state index contributed by atoms with van der Waals surface area (Å²) < 4.78 is 6.37. The van der Waals surface area contributed by atoms with E-state index in [1.807, 2.05) is 60.7 Å². The fourth-order valence-electron chi connectivity index (χ4n) is 4.22. The smallest absolute Gasteiger partial charge is 0.207 e. The molecule has 0 amide bonds. The number of rotatable bonds is 1. The van der Waals surface area contributed by atoms with Gasteiger partial charge in [0.15, 0.2) is 5.60 Å². The summed E-state index contributed by atoms with van der Waals surface area (Å²) in [6.07, 6.45) is 0.621. The predicted molar refractivity (Wildman–Crippen MR) is 92.6 cm³/mol. The minimum Gasteiger partial charge on any atom is -0.477 e. The van der Waals surface area contributed by atoms with E-state index in [2.05, 4.69) is 18.2 Å². The highest BCUT2D eigenvalue weighted by atomic mass is 16.5. The second-order valence-corrected chi connectivity index (χ2v) is 6.54. The van der Waals surface area contributed by atoms with E-state index < -0.39 is 5.60 Å². The predicted octanol–water partition coefficient (Wildman–Crippen LogP) is 4.39. The topological polar surface area (TPSA) is 26.3 Å². The van der Waals surface area contributed by atoms with Crippen molar-refractivity contribution >= 4 is 5.78 Å². The number of hydrogen-bond donors (Lipinski definition) is 0. The van der Waals surface area contributed by atoms with E-state index in [-0.39, 0.29) is 11.7 Å². The molecule has 1 aliphatic heterocycles. The molecule has 1 heterocycles. The van der Waals surface area contributed by atoms with Crippen LogP contribution >= 0.6 is 0 Å². The monoisotopic (exact) mass is 312 g/mol. The maximum atomic E-state index is 13.3. The lowest BCUT2D eigenvalue weighted by molar-refractivity contribution is 0.0532. The molecule has 0 radical (unpaired) electrons. The van der Waals surface area contributed by atoms with Crippen LogP contribution in [0.3, 0.4) is 0 Å². The number of ketones is 1. The number of fused-ring (bicyclic) bond motifs is 2. The van der Waals surface area contributed by atoms with Crippen LogP contribution in [0.1, 0.15) is 33.0 Å². The first kappa shape index (κ1) is 13.6. The van der Waals surface area contributed by atoms with Crippen LogP contribution in [0.15, 0.2) is 78.9 Å². The molecule has 116 valence electrons. The molecule has 0 unspecified atom stereocenters. The molecule has 0 saturated carbocycles. The molecule has 0 N–H and O–H groups in total. The molecule has 1 aliphatic carbocycles. The maximum Gasteiger partial charge on any atom is 0.207 e. The third-order valence-corrected chi connectivity index (χ3v) is 5.22. The summed E-state index contributed by atoms with van der Waals surface area (Å²) in [5, 5.41) is 0. The van der Waals surface area contributed by atoms with E-state index in [1.165, 1.54) is 0 Å². The summed E-state index contributed by atoms with van der Waals surface area (Å²) in [5.41, 5.74) is 3.25. The van der Waals surface area contributed by atoms with Crippen LogP contribution in [0.2, 0.25) is 0 Å². The standard InChI is InChI=1S/C22H16O2/c23-21-17-11-5-4-10-16(17)14-22(21)20(15-8-2-1-3-9-15)18-12-6-7-13-19(18)24-22/h1-13,20H,14H2/t20-,22-/m0/s1. The maximum absolute atomic E-state index is 13.3. The van der Waals surface area contributed by atoms with Gasteiger partial charge in [-0.3, -0.25) is 4.79 Å². The molecule has 5 rings (SSSR count). The van der Waals surface area contributed by atoms with Gasteiger partial charge in [0.25, 0.3) is 0 Å². The van der Waals surface area contributed by atoms with Gasteiger partial charge in [-0.2, -0.15) is 0 Å². The van der Waals surface area contributed by atoms with E-state index in [4.69, 9.17) is 4.74 Å². The van der Waals surface area contributed by atoms with Crippen LogP contribution < -0.4 is 4.74 Å². The van der Waals surface area contributed by atoms with Crippen LogP contribution in [-0.2, 0) is 6.42 Å². The third-order valence-electron chi connectivity index (χ3n) is 5.22.